The highest BCUT2D eigenvalue weighted by atomic mass is 32.2. The van der Waals surface area contributed by atoms with E-state index >= 15 is 0 Å². The smallest absolute Gasteiger partial charge is 0.233 e. The van der Waals surface area contributed by atoms with Crippen molar-refractivity contribution in [2.24, 2.45) is 0 Å². The number of halogens is 2. The monoisotopic (exact) mass is 321 g/mol. The molecule has 0 bridgehead atoms. The molecule has 0 fully saturated rings. The zero-order valence-corrected chi connectivity index (χ0v) is 13.2. The number of amides is 1. The molecule has 0 saturated heterocycles. The minimum atomic E-state index is -0.905. The highest BCUT2D eigenvalue weighted by Gasteiger charge is 2.15. The molecule has 1 atom stereocenters. The quantitative estimate of drug-likeness (QED) is 0.841. The van der Waals surface area contributed by atoms with E-state index < -0.39 is 16.9 Å². The Labute approximate surface area is 132 Å². The van der Waals surface area contributed by atoms with Gasteiger partial charge in [-0.1, -0.05) is 29.8 Å². The summed E-state index contributed by atoms with van der Waals surface area (Å²) >= 11 is 1.19. The molecular formula is C17H17F2NOS. The van der Waals surface area contributed by atoms with E-state index in [0.29, 0.717) is 11.4 Å². The third kappa shape index (κ3) is 4.56. The molecule has 116 valence electrons. The van der Waals surface area contributed by atoms with Gasteiger partial charge in [0.05, 0.1) is 5.25 Å². The Bertz CT molecular complexity index is 658. The fourth-order valence-corrected chi connectivity index (χ4v) is 2.76. The molecule has 0 saturated carbocycles. The van der Waals surface area contributed by atoms with Gasteiger partial charge in [-0.15, -0.1) is 11.8 Å². The van der Waals surface area contributed by atoms with E-state index in [2.05, 4.69) is 5.32 Å². The van der Waals surface area contributed by atoms with Crippen LogP contribution in [0.3, 0.4) is 0 Å². The van der Waals surface area contributed by atoms with Gasteiger partial charge >= 0.3 is 0 Å². The third-order valence-electron chi connectivity index (χ3n) is 3.16. The molecule has 2 aromatic rings. The van der Waals surface area contributed by atoms with Gasteiger partial charge in [0.1, 0.15) is 0 Å². The first kappa shape index (κ1) is 16.5. The van der Waals surface area contributed by atoms with E-state index in [1.807, 2.05) is 31.2 Å². The average Bonchev–Trinajstić information content (AvgIpc) is 2.50. The van der Waals surface area contributed by atoms with E-state index in [9.17, 15) is 13.6 Å². The largest absolute Gasteiger partial charge is 0.351 e. The molecule has 2 rings (SSSR count). The fourth-order valence-electron chi connectivity index (χ4n) is 1.85. The van der Waals surface area contributed by atoms with Crippen molar-refractivity contribution >= 4 is 17.7 Å². The third-order valence-corrected chi connectivity index (χ3v) is 4.25. The molecule has 2 aromatic carbocycles. The van der Waals surface area contributed by atoms with Crippen LogP contribution in [-0.2, 0) is 11.3 Å². The molecule has 0 aliphatic heterocycles. The van der Waals surface area contributed by atoms with Gasteiger partial charge in [-0.2, -0.15) is 0 Å². The fraction of sp³-hybridized carbons (Fsp3) is 0.235. The lowest BCUT2D eigenvalue weighted by Crippen LogP contribution is -2.30. The summed E-state index contributed by atoms with van der Waals surface area (Å²) in [6.45, 7) is 4.18. The van der Waals surface area contributed by atoms with Crippen molar-refractivity contribution in [3.8, 4) is 0 Å². The lowest BCUT2D eigenvalue weighted by Gasteiger charge is -2.12. The Morgan fingerprint density at radius 1 is 1.14 bits per heavy atom. The van der Waals surface area contributed by atoms with E-state index in [4.69, 9.17) is 0 Å². The van der Waals surface area contributed by atoms with Gasteiger partial charge < -0.3 is 5.32 Å². The number of thioether (sulfide) groups is 1. The van der Waals surface area contributed by atoms with Crippen LogP contribution in [0.2, 0.25) is 0 Å². The van der Waals surface area contributed by atoms with Crippen molar-refractivity contribution in [1.82, 2.24) is 5.32 Å². The van der Waals surface area contributed by atoms with Crippen molar-refractivity contribution in [3.63, 3.8) is 0 Å². The van der Waals surface area contributed by atoms with Gasteiger partial charge in [0.15, 0.2) is 11.6 Å². The Morgan fingerprint density at radius 3 is 2.45 bits per heavy atom. The second-order valence-electron chi connectivity index (χ2n) is 5.04. The maximum Gasteiger partial charge on any atom is 0.233 e. The zero-order valence-electron chi connectivity index (χ0n) is 12.4. The van der Waals surface area contributed by atoms with Gasteiger partial charge in [-0.3, -0.25) is 4.79 Å². The zero-order chi connectivity index (χ0) is 16.1. The van der Waals surface area contributed by atoms with Gasteiger partial charge in [0.2, 0.25) is 5.91 Å². The van der Waals surface area contributed by atoms with Crippen molar-refractivity contribution in [2.75, 3.05) is 0 Å². The van der Waals surface area contributed by atoms with Crippen LogP contribution in [-0.4, -0.2) is 11.2 Å². The SMILES string of the molecule is Cc1ccc(CNC(=O)[C@@H](C)Sc2ccc(F)c(F)c2)cc1. The summed E-state index contributed by atoms with van der Waals surface area (Å²) in [5.41, 5.74) is 2.18. The lowest BCUT2D eigenvalue weighted by atomic mass is 10.1. The number of benzene rings is 2. The van der Waals surface area contributed by atoms with Crippen molar-refractivity contribution in [3.05, 3.63) is 65.2 Å². The van der Waals surface area contributed by atoms with Crippen molar-refractivity contribution in [2.45, 2.75) is 30.5 Å². The second-order valence-corrected chi connectivity index (χ2v) is 6.45. The molecule has 0 spiro atoms. The van der Waals surface area contributed by atoms with Crippen molar-refractivity contribution < 1.29 is 13.6 Å². The van der Waals surface area contributed by atoms with Crippen LogP contribution in [0.1, 0.15) is 18.1 Å². The first-order valence-corrected chi connectivity index (χ1v) is 7.78. The van der Waals surface area contributed by atoms with Crippen LogP contribution in [0.25, 0.3) is 0 Å². The molecule has 1 amide bonds. The molecule has 0 aromatic heterocycles. The minimum absolute atomic E-state index is 0.143. The van der Waals surface area contributed by atoms with Crippen LogP contribution < -0.4 is 5.32 Å². The molecule has 0 aliphatic rings. The van der Waals surface area contributed by atoms with Gasteiger partial charge in [-0.25, -0.2) is 8.78 Å². The van der Waals surface area contributed by atoms with E-state index in [-0.39, 0.29) is 5.91 Å². The first-order valence-electron chi connectivity index (χ1n) is 6.90. The number of carbonyl (C=O) groups is 1. The van der Waals surface area contributed by atoms with Gasteiger partial charge in [0, 0.05) is 11.4 Å². The summed E-state index contributed by atoms with van der Waals surface area (Å²) in [6, 6.07) is 11.5. The Morgan fingerprint density at radius 2 is 1.82 bits per heavy atom. The first-order chi connectivity index (χ1) is 10.5. The van der Waals surface area contributed by atoms with Crippen LogP contribution in [0.15, 0.2) is 47.4 Å². The molecule has 22 heavy (non-hydrogen) atoms. The van der Waals surface area contributed by atoms with Crippen LogP contribution in [0.4, 0.5) is 8.78 Å². The minimum Gasteiger partial charge on any atom is -0.351 e. The normalized spacial score (nSPS) is 12.0. The summed E-state index contributed by atoms with van der Waals surface area (Å²) in [7, 11) is 0. The number of hydrogen-bond donors (Lipinski definition) is 1. The lowest BCUT2D eigenvalue weighted by molar-refractivity contribution is -0.120. The predicted molar refractivity (Wildman–Crippen MR) is 84.7 cm³/mol. The number of rotatable bonds is 5. The summed E-state index contributed by atoms with van der Waals surface area (Å²) in [6.07, 6.45) is 0. The topological polar surface area (TPSA) is 29.1 Å². The van der Waals surface area contributed by atoms with Crippen LogP contribution in [0, 0.1) is 18.6 Å². The number of aryl methyl sites for hydroxylation is 1. The number of nitrogens with one attached hydrogen (secondary N) is 1. The molecule has 0 unspecified atom stereocenters. The van der Waals surface area contributed by atoms with Crippen LogP contribution in [0.5, 0.6) is 0 Å². The molecule has 1 N–H and O–H groups in total. The Kier molecular flexibility index (Phi) is 5.55. The van der Waals surface area contributed by atoms with Gasteiger partial charge in [-0.05, 0) is 37.6 Å². The summed E-state index contributed by atoms with van der Waals surface area (Å²) in [4.78, 5) is 12.6. The second kappa shape index (κ2) is 7.40. The van der Waals surface area contributed by atoms with E-state index in [1.165, 1.54) is 17.8 Å². The Balaban J connectivity index is 1.88. The molecule has 0 heterocycles. The van der Waals surface area contributed by atoms with E-state index in [0.717, 1.165) is 23.3 Å². The van der Waals surface area contributed by atoms with Gasteiger partial charge in [0.25, 0.3) is 0 Å². The maximum atomic E-state index is 13.1. The van der Waals surface area contributed by atoms with Crippen LogP contribution >= 0.6 is 11.8 Å². The standard InChI is InChI=1S/C17H17F2NOS/c1-11-3-5-13(6-4-11)10-20-17(21)12(2)22-14-7-8-15(18)16(19)9-14/h3-9,12H,10H2,1-2H3,(H,20,21)/t12-/m1/s1. The van der Waals surface area contributed by atoms with E-state index in [1.54, 1.807) is 6.92 Å². The maximum absolute atomic E-state index is 13.1. The highest BCUT2D eigenvalue weighted by molar-refractivity contribution is 8.00. The highest BCUT2D eigenvalue weighted by Crippen LogP contribution is 2.24. The summed E-state index contributed by atoms with van der Waals surface area (Å²) in [5.74, 6) is -1.94. The summed E-state index contributed by atoms with van der Waals surface area (Å²) in [5, 5.41) is 2.44. The average molecular weight is 321 g/mol. The molecule has 0 radical (unpaired) electrons. The molecule has 5 heteroatoms. The summed E-state index contributed by atoms with van der Waals surface area (Å²) < 4.78 is 26.0. The Hall–Kier alpha value is -1.88. The number of carbonyl (C=O) groups excluding carboxylic acids is 1. The molecule has 2 nitrogen and oxygen atoms in total. The predicted octanol–water partition coefficient (Wildman–Crippen LogP) is 4.07. The molecule has 0 aliphatic carbocycles. The van der Waals surface area contributed by atoms with Crippen molar-refractivity contribution in [1.29, 1.82) is 0 Å². The molecular weight excluding hydrogens is 304 g/mol. The number of hydrogen-bond acceptors (Lipinski definition) is 2.